The van der Waals surface area contributed by atoms with Crippen LogP contribution in [0, 0.1) is 0 Å². The molecule has 0 bridgehead atoms. The molecule has 0 amide bonds. The van der Waals surface area contributed by atoms with Crippen molar-refractivity contribution in [1.82, 2.24) is 0 Å². The van der Waals surface area contributed by atoms with Crippen LogP contribution in [0.1, 0.15) is 0 Å². The minimum Gasteiger partial charge on any atom is -0.214 e. The fourth-order valence-electron chi connectivity index (χ4n) is 0.0738. The summed E-state index contributed by atoms with van der Waals surface area (Å²) in [7, 11) is 0. The van der Waals surface area contributed by atoms with Gasteiger partial charge < -0.3 is 0 Å². The molecule has 36 valence electrons. The molecule has 0 aromatic heterocycles. The first kappa shape index (κ1) is 5.95. The normalized spacial score (nSPS) is 8.17. The van der Waals surface area contributed by atoms with Gasteiger partial charge in [-0.2, -0.15) is 0 Å². The molecule has 0 aromatic rings. The van der Waals surface area contributed by atoms with Gasteiger partial charge in [0.2, 0.25) is 0 Å². The summed E-state index contributed by atoms with van der Waals surface area (Å²) in [6.07, 6.45) is 1.53. The van der Waals surface area contributed by atoms with Crippen molar-refractivity contribution in [3.05, 3.63) is 12.7 Å². The first-order valence-corrected chi connectivity index (χ1v) is 1.73. The van der Waals surface area contributed by atoms with E-state index in [0.717, 1.165) is 0 Å². The van der Waals surface area contributed by atoms with Gasteiger partial charge in [-0.25, -0.2) is 4.89 Å². The number of rotatable bonds is 3. The van der Waals surface area contributed by atoms with Crippen molar-refractivity contribution in [1.29, 1.82) is 0 Å². The van der Waals surface area contributed by atoms with Crippen LogP contribution in [0.25, 0.3) is 0 Å². The average Bonchev–Trinajstić information content (AvgIpc) is 1.61. The molecule has 6 heavy (non-hydrogen) atoms. The van der Waals surface area contributed by atoms with Gasteiger partial charge in [0, 0.05) is 0 Å². The third-order valence-electron chi connectivity index (χ3n) is 0.230. The Kier molecular flexibility index (Phi) is 4.91. The molecule has 0 atom stereocenters. The zero-order valence-electron chi connectivity index (χ0n) is 3.19. The standard InChI is InChI=1S/C3H5ClO2/c1-2-3-5-6-4/h2H,1,3H2. The Hall–Kier alpha value is -0.0500. The van der Waals surface area contributed by atoms with Crippen LogP contribution in [0.2, 0.25) is 0 Å². The predicted octanol–water partition coefficient (Wildman–Crippen LogP) is 1.27. The maximum Gasteiger partial charge on any atom is 0.102 e. The molecule has 0 heterocycles. The summed E-state index contributed by atoms with van der Waals surface area (Å²) in [6, 6.07) is 0. The summed E-state index contributed by atoms with van der Waals surface area (Å²) < 4.78 is 3.68. The second-order valence-corrected chi connectivity index (χ2v) is 0.762. The first-order chi connectivity index (χ1) is 2.91. The summed E-state index contributed by atoms with van der Waals surface area (Å²) >= 11 is 4.61. The minimum absolute atomic E-state index is 0.323. The summed E-state index contributed by atoms with van der Waals surface area (Å²) in [5.41, 5.74) is 0. The maximum atomic E-state index is 4.61. The lowest BCUT2D eigenvalue weighted by Gasteiger charge is -1.84. The Morgan fingerprint density at radius 2 is 2.50 bits per heavy atom. The molecular formula is C3H5ClO2. The highest BCUT2D eigenvalue weighted by atomic mass is 35.5. The van der Waals surface area contributed by atoms with Gasteiger partial charge in [0.15, 0.2) is 0 Å². The summed E-state index contributed by atoms with van der Waals surface area (Å²) in [4.78, 5) is 4.13. The Morgan fingerprint density at radius 3 is 2.67 bits per heavy atom. The lowest BCUT2D eigenvalue weighted by molar-refractivity contribution is -0.190. The van der Waals surface area contributed by atoms with Gasteiger partial charge in [0.25, 0.3) is 0 Å². The van der Waals surface area contributed by atoms with Crippen molar-refractivity contribution >= 4 is 11.9 Å². The van der Waals surface area contributed by atoms with Crippen LogP contribution in [-0.4, -0.2) is 6.61 Å². The fourth-order valence-corrected chi connectivity index (χ4v) is 0.125. The molecule has 0 aliphatic heterocycles. The molecule has 0 rings (SSSR count). The molecule has 0 unspecified atom stereocenters. The molecule has 3 heteroatoms. The Balaban J connectivity index is 2.49. The lowest BCUT2D eigenvalue weighted by atomic mass is 10.7. The van der Waals surface area contributed by atoms with Crippen LogP contribution >= 0.6 is 11.9 Å². The van der Waals surface area contributed by atoms with Gasteiger partial charge >= 0.3 is 0 Å². The van der Waals surface area contributed by atoms with E-state index in [2.05, 4.69) is 27.8 Å². The highest BCUT2D eigenvalue weighted by molar-refractivity contribution is 6.06. The molecule has 0 aliphatic rings. The van der Waals surface area contributed by atoms with Crippen molar-refractivity contribution in [3.63, 3.8) is 0 Å². The molecule has 0 aromatic carbocycles. The van der Waals surface area contributed by atoms with E-state index in [1.807, 2.05) is 0 Å². The Bertz CT molecular complexity index is 37.8. The van der Waals surface area contributed by atoms with Crippen LogP contribution in [0.5, 0.6) is 0 Å². The molecular weight excluding hydrogens is 103 g/mol. The van der Waals surface area contributed by atoms with Crippen LogP contribution < -0.4 is 0 Å². The molecule has 0 spiro atoms. The molecule has 0 fully saturated rings. The summed E-state index contributed by atoms with van der Waals surface area (Å²) in [5.74, 6) is 0. The second-order valence-electron chi connectivity index (χ2n) is 0.636. The van der Waals surface area contributed by atoms with Crippen LogP contribution in [0.3, 0.4) is 0 Å². The molecule has 0 saturated carbocycles. The van der Waals surface area contributed by atoms with Gasteiger partial charge in [0.1, 0.15) is 6.61 Å². The molecule has 0 aliphatic carbocycles. The number of halogens is 1. The topological polar surface area (TPSA) is 18.5 Å². The van der Waals surface area contributed by atoms with E-state index in [1.54, 1.807) is 0 Å². The smallest absolute Gasteiger partial charge is 0.102 e. The van der Waals surface area contributed by atoms with Gasteiger partial charge in [-0.1, -0.05) is 6.08 Å². The second kappa shape index (κ2) is 4.95. The van der Waals surface area contributed by atoms with Gasteiger partial charge in [0.05, 0.1) is 11.9 Å². The van der Waals surface area contributed by atoms with Crippen molar-refractivity contribution in [2.75, 3.05) is 6.61 Å². The van der Waals surface area contributed by atoms with Crippen LogP contribution in [-0.2, 0) is 9.33 Å². The minimum atomic E-state index is 0.323. The average molecular weight is 109 g/mol. The summed E-state index contributed by atoms with van der Waals surface area (Å²) in [6.45, 7) is 3.66. The highest BCUT2D eigenvalue weighted by Crippen LogP contribution is 1.79. The zero-order chi connectivity index (χ0) is 4.83. The van der Waals surface area contributed by atoms with Gasteiger partial charge in [-0.3, -0.25) is 0 Å². The molecule has 2 nitrogen and oxygen atoms in total. The Labute approximate surface area is 41.4 Å². The molecule has 0 radical (unpaired) electrons. The predicted molar refractivity (Wildman–Crippen MR) is 23.1 cm³/mol. The monoisotopic (exact) mass is 108 g/mol. The van der Waals surface area contributed by atoms with E-state index < -0.39 is 0 Å². The molecule has 0 saturated heterocycles. The van der Waals surface area contributed by atoms with E-state index >= 15 is 0 Å². The van der Waals surface area contributed by atoms with E-state index in [9.17, 15) is 0 Å². The number of hydrogen-bond acceptors (Lipinski definition) is 2. The van der Waals surface area contributed by atoms with Crippen molar-refractivity contribution < 1.29 is 9.33 Å². The largest absolute Gasteiger partial charge is 0.214 e. The van der Waals surface area contributed by atoms with E-state index in [4.69, 9.17) is 0 Å². The third kappa shape index (κ3) is 3.95. The third-order valence-corrected chi connectivity index (χ3v) is 0.320. The van der Waals surface area contributed by atoms with E-state index in [-0.39, 0.29) is 0 Å². The summed E-state index contributed by atoms with van der Waals surface area (Å²) in [5, 5.41) is 0. The maximum absolute atomic E-state index is 4.61. The van der Waals surface area contributed by atoms with Crippen LogP contribution in [0.4, 0.5) is 0 Å². The Morgan fingerprint density at radius 1 is 1.83 bits per heavy atom. The molecule has 0 N–H and O–H groups in total. The van der Waals surface area contributed by atoms with Crippen molar-refractivity contribution in [2.24, 2.45) is 0 Å². The van der Waals surface area contributed by atoms with Crippen molar-refractivity contribution in [2.45, 2.75) is 0 Å². The van der Waals surface area contributed by atoms with Gasteiger partial charge in [-0.05, 0) is 0 Å². The van der Waals surface area contributed by atoms with E-state index in [1.165, 1.54) is 6.08 Å². The van der Waals surface area contributed by atoms with Crippen molar-refractivity contribution in [3.8, 4) is 0 Å². The highest BCUT2D eigenvalue weighted by Gasteiger charge is 1.70. The SMILES string of the molecule is C=CCOOCl. The first-order valence-electron chi connectivity index (χ1n) is 1.43. The van der Waals surface area contributed by atoms with Gasteiger partial charge in [-0.15, -0.1) is 11.0 Å². The lowest BCUT2D eigenvalue weighted by Crippen LogP contribution is -1.80. The van der Waals surface area contributed by atoms with Crippen LogP contribution in [0.15, 0.2) is 12.7 Å². The quantitative estimate of drug-likeness (QED) is 0.235. The number of hydrogen-bond donors (Lipinski definition) is 0. The fraction of sp³-hybridized carbons (Fsp3) is 0.333. The zero-order valence-corrected chi connectivity index (χ0v) is 3.94. The van der Waals surface area contributed by atoms with E-state index in [0.29, 0.717) is 6.61 Å².